The summed E-state index contributed by atoms with van der Waals surface area (Å²) in [6, 6.07) is 7.41. The number of ether oxygens (including phenoxy) is 2. The zero-order valence-corrected chi connectivity index (χ0v) is 16.9. The van der Waals surface area contributed by atoms with Gasteiger partial charge in [-0.3, -0.25) is 4.79 Å². The van der Waals surface area contributed by atoms with Crippen LogP contribution in [0.4, 0.5) is 0 Å². The fraction of sp³-hybridized carbons (Fsp3) is 0.400. The second kappa shape index (κ2) is 9.58. The van der Waals surface area contributed by atoms with Gasteiger partial charge in [0.1, 0.15) is 12.3 Å². The van der Waals surface area contributed by atoms with Crippen LogP contribution in [0.25, 0.3) is 0 Å². The van der Waals surface area contributed by atoms with Crippen LogP contribution in [0.5, 0.6) is 0 Å². The van der Waals surface area contributed by atoms with Gasteiger partial charge in [-0.2, -0.15) is 0 Å². The number of halogens is 1. The van der Waals surface area contributed by atoms with E-state index in [4.69, 9.17) is 21.1 Å². The average Bonchev–Trinajstić information content (AvgIpc) is 2.93. The Hall–Kier alpha value is -2.31. The molecule has 1 aromatic heterocycles. The van der Waals surface area contributed by atoms with Gasteiger partial charge in [-0.25, -0.2) is 4.79 Å². The summed E-state index contributed by atoms with van der Waals surface area (Å²) in [6.45, 7) is 6.85. The number of nitrogens with zero attached hydrogens (tertiary/aromatic N) is 1. The van der Waals surface area contributed by atoms with Crippen LogP contribution in [0, 0.1) is 13.8 Å². The van der Waals surface area contributed by atoms with E-state index in [9.17, 15) is 9.59 Å². The summed E-state index contributed by atoms with van der Waals surface area (Å²) < 4.78 is 10.1. The van der Waals surface area contributed by atoms with Gasteiger partial charge >= 0.3 is 5.97 Å². The number of benzene rings is 1. The molecule has 2 aromatic rings. The molecule has 0 aliphatic rings. The summed E-state index contributed by atoms with van der Waals surface area (Å²) in [5.74, 6) is -0.635. The molecule has 1 heterocycles. The van der Waals surface area contributed by atoms with Gasteiger partial charge in [-0.1, -0.05) is 23.7 Å². The third-order valence-corrected chi connectivity index (χ3v) is 4.54. The van der Waals surface area contributed by atoms with Crippen molar-refractivity contribution in [3.8, 4) is 0 Å². The lowest BCUT2D eigenvalue weighted by atomic mass is 10.1. The van der Waals surface area contributed by atoms with Crippen LogP contribution >= 0.6 is 11.6 Å². The molecular weight excluding hydrogens is 368 g/mol. The Bertz CT molecular complexity index is 816. The zero-order chi connectivity index (χ0) is 20.0. The molecule has 1 aromatic carbocycles. The standard InChI is InChI=1S/C20H25ClN2O4/c1-5-23(12-15-7-6-8-16(21)11-15)19(24)18-13(2)17(14(3)22-18)20(25)27-10-9-26-4/h6-8,11,22H,5,9-10,12H2,1-4H3. The summed E-state index contributed by atoms with van der Waals surface area (Å²) in [4.78, 5) is 30.1. The van der Waals surface area contributed by atoms with Crippen LogP contribution < -0.4 is 0 Å². The van der Waals surface area contributed by atoms with Crippen LogP contribution in [-0.2, 0) is 16.0 Å². The lowest BCUT2D eigenvalue weighted by Crippen LogP contribution is -2.31. The third-order valence-electron chi connectivity index (χ3n) is 4.31. The van der Waals surface area contributed by atoms with Crippen molar-refractivity contribution in [2.75, 3.05) is 26.9 Å². The van der Waals surface area contributed by atoms with Crippen molar-refractivity contribution < 1.29 is 19.1 Å². The number of nitrogens with one attached hydrogen (secondary N) is 1. The summed E-state index contributed by atoms with van der Waals surface area (Å²) >= 11 is 6.03. The second-order valence-corrected chi connectivity index (χ2v) is 6.64. The van der Waals surface area contributed by atoms with Crippen LogP contribution in [0.3, 0.4) is 0 Å². The summed E-state index contributed by atoms with van der Waals surface area (Å²) in [5.41, 5.74) is 2.93. The number of hydrogen-bond donors (Lipinski definition) is 1. The van der Waals surface area contributed by atoms with E-state index in [1.807, 2.05) is 25.1 Å². The second-order valence-electron chi connectivity index (χ2n) is 6.20. The number of methoxy groups -OCH3 is 1. The van der Waals surface area contributed by atoms with Gasteiger partial charge in [0.05, 0.1) is 12.2 Å². The molecule has 0 fully saturated rings. The molecule has 0 aliphatic heterocycles. The molecule has 1 N–H and O–H groups in total. The number of carbonyl (C=O) groups is 2. The minimum atomic E-state index is -0.463. The Morgan fingerprint density at radius 1 is 1.22 bits per heavy atom. The van der Waals surface area contributed by atoms with Crippen molar-refractivity contribution in [3.63, 3.8) is 0 Å². The Labute approximate surface area is 164 Å². The number of esters is 1. The van der Waals surface area contributed by atoms with E-state index < -0.39 is 5.97 Å². The van der Waals surface area contributed by atoms with Gasteiger partial charge in [-0.05, 0) is 44.0 Å². The molecule has 0 radical (unpaired) electrons. The number of hydrogen-bond acceptors (Lipinski definition) is 4. The number of rotatable bonds is 8. The highest BCUT2D eigenvalue weighted by Crippen LogP contribution is 2.22. The predicted molar refractivity (Wildman–Crippen MR) is 104 cm³/mol. The third kappa shape index (κ3) is 5.11. The highest BCUT2D eigenvalue weighted by molar-refractivity contribution is 6.30. The SMILES string of the molecule is CCN(Cc1cccc(Cl)c1)C(=O)c1[nH]c(C)c(C(=O)OCCOC)c1C. The lowest BCUT2D eigenvalue weighted by Gasteiger charge is -2.21. The van der Waals surface area contributed by atoms with E-state index in [0.717, 1.165) is 5.56 Å². The molecule has 1 amide bonds. The highest BCUT2D eigenvalue weighted by Gasteiger charge is 2.25. The number of aromatic amines is 1. The van der Waals surface area contributed by atoms with Crippen LogP contribution in [0.2, 0.25) is 5.02 Å². The van der Waals surface area contributed by atoms with Crippen molar-refractivity contribution in [2.45, 2.75) is 27.3 Å². The van der Waals surface area contributed by atoms with E-state index >= 15 is 0 Å². The minimum absolute atomic E-state index is 0.165. The van der Waals surface area contributed by atoms with Crippen molar-refractivity contribution in [2.24, 2.45) is 0 Å². The van der Waals surface area contributed by atoms with Gasteiger partial charge in [-0.15, -0.1) is 0 Å². The Kier molecular flexibility index (Phi) is 7.45. The first kappa shape index (κ1) is 21.0. The molecule has 7 heteroatoms. The maximum absolute atomic E-state index is 13.0. The first-order valence-corrected chi connectivity index (χ1v) is 9.15. The normalized spacial score (nSPS) is 10.7. The fourth-order valence-electron chi connectivity index (χ4n) is 2.90. The molecular formula is C20H25ClN2O4. The van der Waals surface area contributed by atoms with Gasteiger partial charge in [0.15, 0.2) is 0 Å². The van der Waals surface area contributed by atoms with Crippen LogP contribution in [0.15, 0.2) is 24.3 Å². The van der Waals surface area contributed by atoms with Crippen molar-refractivity contribution in [3.05, 3.63) is 57.4 Å². The Morgan fingerprint density at radius 3 is 2.59 bits per heavy atom. The fourth-order valence-corrected chi connectivity index (χ4v) is 3.11. The maximum atomic E-state index is 13.0. The van der Waals surface area contributed by atoms with E-state index in [-0.39, 0.29) is 12.5 Å². The number of H-pyrrole nitrogens is 1. The summed E-state index contributed by atoms with van der Waals surface area (Å²) in [5, 5.41) is 0.629. The Morgan fingerprint density at radius 2 is 1.96 bits per heavy atom. The molecule has 0 unspecified atom stereocenters. The first-order valence-electron chi connectivity index (χ1n) is 8.78. The van der Waals surface area contributed by atoms with E-state index in [2.05, 4.69) is 4.98 Å². The van der Waals surface area contributed by atoms with Crippen LogP contribution in [0.1, 0.15) is 44.6 Å². The quantitative estimate of drug-likeness (QED) is 0.548. The maximum Gasteiger partial charge on any atom is 0.340 e. The smallest absolute Gasteiger partial charge is 0.340 e. The number of carbonyl (C=O) groups excluding carboxylic acids is 2. The topological polar surface area (TPSA) is 71.6 Å². The van der Waals surface area contributed by atoms with Crippen molar-refractivity contribution >= 4 is 23.5 Å². The molecule has 0 saturated heterocycles. The average molecular weight is 393 g/mol. The monoisotopic (exact) mass is 392 g/mol. The van der Waals surface area contributed by atoms with Crippen molar-refractivity contribution in [1.29, 1.82) is 0 Å². The van der Waals surface area contributed by atoms with E-state index in [0.29, 0.717) is 47.2 Å². The predicted octanol–water partition coefficient (Wildman–Crippen LogP) is 3.75. The molecule has 2 rings (SSSR count). The highest BCUT2D eigenvalue weighted by atomic mass is 35.5. The van der Waals surface area contributed by atoms with E-state index in [1.54, 1.807) is 24.8 Å². The molecule has 6 nitrogen and oxygen atoms in total. The van der Waals surface area contributed by atoms with Gasteiger partial charge < -0.3 is 19.4 Å². The molecule has 146 valence electrons. The number of aryl methyl sites for hydroxylation is 1. The van der Waals surface area contributed by atoms with E-state index in [1.165, 1.54) is 7.11 Å². The Balaban J connectivity index is 2.21. The first-order chi connectivity index (χ1) is 12.9. The largest absolute Gasteiger partial charge is 0.460 e. The molecule has 0 aliphatic carbocycles. The van der Waals surface area contributed by atoms with Crippen LogP contribution in [-0.4, -0.2) is 48.6 Å². The molecule has 0 bridgehead atoms. The van der Waals surface area contributed by atoms with Gasteiger partial charge in [0.25, 0.3) is 5.91 Å². The summed E-state index contributed by atoms with van der Waals surface area (Å²) in [6.07, 6.45) is 0. The molecule has 0 atom stereocenters. The zero-order valence-electron chi connectivity index (χ0n) is 16.1. The lowest BCUT2D eigenvalue weighted by molar-refractivity contribution is 0.0387. The van der Waals surface area contributed by atoms with Crippen molar-refractivity contribution in [1.82, 2.24) is 9.88 Å². The van der Waals surface area contributed by atoms with Gasteiger partial charge in [0, 0.05) is 30.9 Å². The molecule has 0 saturated carbocycles. The van der Waals surface area contributed by atoms with Gasteiger partial charge in [0.2, 0.25) is 0 Å². The number of aromatic nitrogens is 1. The summed E-state index contributed by atoms with van der Waals surface area (Å²) in [7, 11) is 1.54. The molecule has 0 spiro atoms. The number of amides is 1. The molecule has 27 heavy (non-hydrogen) atoms. The minimum Gasteiger partial charge on any atom is -0.460 e.